The highest BCUT2D eigenvalue weighted by Gasteiger charge is 2.40. The summed E-state index contributed by atoms with van der Waals surface area (Å²) in [4.78, 5) is 58.4. The fourth-order valence-electron chi connectivity index (χ4n) is 6.62. The zero-order valence-corrected chi connectivity index (χ0v) is 28.0. The van der Waals surface area contributed by atoms with Gasteiger partial charge in [-0.05, 0) is 77.3 Å². The van der Waals surface area contributed by atoms with Crippen LogP contribution in [0.15, 0.2) is 36.5 Å². The van der Waals surface area contributed by atoms with Crippen molar-refractivity contribution in [2.24, 2.45) is 5.92 Å². The third kappa shape index (κ3) is 8.86. The summed E-state index contributed by atoms with van der Waals surface area (Å²) in [5.74, 6) is -0.779. The Hall–Kier alpha value is -3.93. The number of piperazine rings is 1. The lowest BCUT2D eigenvalue weighted by molar-refractivity contribution is -0.139. The number of likely N-dealkylation sites (N-methyl/N-ethyl adjacent to an activating group) is 1. The number of nitrogens with one attached hydrogen (secondary N) is 2. The lowest BCUT2D eigenvalue weighted by atomic mass is 9.91. The van der Waals surface area contributed by atoms with Crippen molar-refractivity contribution in [2.45, 2.75) is 96.8 Å². The molecule has 0 spiro atoms. The van der Waals surface area contributed by atoms with Crippen LogP contribution in [-0.4, -0.2) is 104 Å². The zero-order chi connectivity index (χ0) is 33.4. The van der Waals surface area contributed by atoms with E-state index < -0.39 is 23.7 Å². The maximum Gasteiger partial charge on any atom is 0.408 e. The van der Waals surface area contributed by atoms with Crippen LogP contribution in [-0.2, 0) is 22.6 Å². The van der Waals surface area contributed by atoms with Crippen molar-refractivity contribution in [3.8, 4) is 0 Å². The first-order valence-corrected chi connectivity index (χ1v) is 16.6. The van der Waals surface area contributed by atoms with E-state index in [-0.39, 0.29) is 30.1 Å². The number of benzene rings is 1. The van der Waals surface area contributed by atoms with Crippen molar-refractivity contribution in [2.75, 3.05) is 38.5 Å². The van der Waals surface area contributed by atoms with Gasteiger partial charge in [0.2, 0.25) is 11.8 Å². The second kappa shape index (κ2) is 15.6. The molecule has 0 bridgehead atoms. The van der Waals surface area contributed by atoms with E-state index in [1.54, 1.807) is 54.7 Å². The fraction of sp³-hybridized carbons (Fsp3) is 0.618. The number of rotatable bonds is 10. The first-order chi connectivity index (χ1) is 21.9. The topological polar surface area (TPSA) is 140 Å². The van der Waals surface area contributed by atoms with Gasteiger partial charge in [0, 0.05) is 56.6 Å². The molecule has 4 rings (SSSR count). The van der Waals surface area contributed by atoms with E-state index in [4.69, 9.17) is 0 Å². The number of amides is 4. The Bertz CT molecular complexity index is 1340. The minimum atomic E-state index is -1.14. The second-order valence-corrected chi connectivity index (χ2v) is 13.6. The summed E-state index contributed by atoms with van der Waals surface area (Å²) < 4.78 is 1.61. The van der Waals surface area contributed by atoms with Gasteiger partial charge in [0.05, 0.1) is 0 Å². The van der Waals surface area contributed by atoms with E-state index >= 15 is 0 Å². The summed E-state index contributed by atoms with van der Waals surface area (Å²) in [7, 11) is 2.01. The van der Waals surface area contributed by atoms with Crippen LogP contribution < -0.4 is 10.6 Å². The quantitative estimate of drug-likeness (QED) is 0.334. The second-order valence-electron chi connectivity index (χ2n) is 13.6. The number of aryl methyl sites for hydroxylation is 1. The monoisotopic (exact) mass is 637 g/mol. The highest BCUT2D eigenvalue weighted by atomic mass is 16.4. The standard InChI is InChI=1S/C34H51N7O5/c1-6-40-27(17-18-35-40)30(42)37-29(25-11-9-7-8-10-12-25)31(43)36-26-15-13-24(14-16-26)23-28(41(33(45)46)34(2,3)4)32(44)39-21-19-38(5)20-22-39/h13-18,25,28-29H,6-12,19-23H2,1-5H3,(H,36,43)(H,37,42)(H,45,46)/t28-,29+/m1/s1. The van der Waals surface area contributed by atoms with Crippen molar-refractivity contribution in [3.05, 3.63) is 47.8 Å². The number of carbonyl (C=O) groups is 4. The predicted molar refractivity (Wildman–Crippen MR) is 177 cm³/mol. The Morgan fingerprint density at radius 2 is 1.61 bits per heavy atom. The molecule has 2 heterocycles. The highest BCUT2D eigenvalue weighted by Crippen LogP contribution is 2.27. The van der Waals surface area contributed by atoms with E-state index in [0.717, 1.165) is 57.2 Å². The van der Waals surface area contributed by atoms with Gasteiger partial charge < -0.3 is 25.5 Å². The predicted octanol–water partition coefficient (Wildman–Crippen LogP) is 4.07. The van der Waals surface area contributed by atoms with Gasteiger partial charge in [-0.1, -0.05) is 37.8 Å². The van der Waals surface area contributed by atoms with Crippen LogP contribution in [0.2, 0.25) is 0 Å². The minimum absolute atomic E-state index is 0.0180. The molecule has 12 nitrogen and oxygen atoms in total. The molecule has 1 aliphatic heterocycles. The number of aromatic nitrogens is 2. The van der Waals surface area contributed by atoms with Crippen LogP contribution in [0.25, 0.3) is 0 Å². The van der Waals surface area contributed by atoms with E-state index in [0.29, 0.717) is 31.0 Å². The largest absolute Gasteiger partial charge is 0.465 e. The van der Waals surface area contributed by atoms with Crippen molar-refractivity contribution in [1.29, 1.82) is 0 Å². The van der Waals surface area contributed by atoms with Crippen LogP contribution in [0.5, 0.6) is 0 Å². The Kier molecular flexibility index (Phi) is 11.8. The average molecular weight is 638 g/mol. The van der Waals surface area contributed by atoms with Gasteiger partial charge in [-0.25, -0.2) is 4.79 Å². The van der Waals surface area contributed by atoms with Gasteiger partial charge >= 0.3 is 6.09 Å². The Balaban J connectivity index is 1.51. The highest BCUT2D eigenvalue weighted by molar-refractivity contribution is 6.00. The number of hydrogen-bond acceptors (Lipinski definition) is 6. The summed E-state index contributed by atoms with van der Waals surface area (Å²) in [5.41, 5.74) is 0.971. The van der Waals surface area contributed by atoms with E-state index in [2.05, 4.69) is 20.6 Å². The summed E-state index contributed by atoms with van der Waals surface area (Å²) in [6, 6.07) is 7.24. The average Bonchev–Trinajstić information content (AvgIpc) is 3.34. The smallest absolute Gasteiger partial charge is 0.408 e. The SMILES string of the molecule is CCn1nccc1C(=O)N[C@H](C(=O)Nc1ccc(C[C@H](C(=O)N2CCN(C)CC2)N(C(=O)O)C(C)(C)C)cc1)C1CCCCCC1. The normalized spacial score (nSPS) is 17.9. The Morgan fingerprint density at radius 1 is 0.978 bits per heavy atom. The van der Waals surface area contributed by atoms with E-state index in [1.165, 1.54) is 4.90 Å². The van der Waals surface area contributed by atoms with Crippen molar-refractivity contribution in [1.82, 2.24) is 29.8 Å². The lowest BCUT2D eigenvalue weighted by Crippen LogP contribution is -2.60. The summed E-state index contributed by atoms with van der Waals surface area (Å²) in [6.45, 7) is 10.4. The van der Waals surface area contributed by atoms with E-state index in [9.17, 15) is 24.3 Å². The van der Waals surface area contributed by atoms with Crippen LogP contribution in [0.1, 0.15) is 82.3 Å². The Labute approximate surface area is 272 Å². The third-order valence-electron chi connectivity index (χ3n) is 9.18. The number of nitrogens with zero attached hydrogens (tertiary/aromatic N) is 5. The third-order valence-corrected chi connectivity index (χ3v) is 9.18. The van der Waals surface area contributed by atoms with Crippen LogP contribution in [0.4, 0.5) is 10.5 Å². The van der Waals surface area contributed by atoms with Crippen LogP contribution >= 0.6 is 0 Å². The van der Waals surface area contributed by atoms with Crippen LogP contribution in [0.3, 0.4) is 0 Å². The van der Waals surface area contributed by atoms with Gasteiger partial charge in [-0.2, -0.15) is 5.10 Å². The molecule has 2 aliphatic rings. The lowest BCUT2D eigenvalue weighted by Gasteiger charge is -2.42. The molecule has 252 valence electrons. The molecule has 2 aromatic rings. The number of anilines is 1. The molecule has 4 amide bonds. The molecule has 1 aliphatic carbocycles. The first kappa shape index (κ1) is 34.9. The van der Waals surface area contributed by atoms with Gasteiger partial charge in [0.1, 0.15) is 17.8 Å². The molecule has 1 aromatic carbocycles. The first-order valence-electron chi connectivity index (χ1n) is 16.6. The Morgan fingerprint density at radius 3 is 2.17 bits per heavy atom. The minimum Gasteiger partial charge on any atom is -0.465 e. The van der Waals surface area contributed by atoms with Gasteiger partial charge in [0.25, 0.3) is 5.91 Å². The molecular formula is C34H51N7O5. The maximum absolute atomic E-state index is 13.8. The molecule has 2 atom stereocenters. The molecule has 1 saturated heterocycles. The number of carbonyl (C=O) groups excluding carboxylic acids is 3. The summed E-state index contributed by atoms with van der Waals surface area (Å²) in [6.07, 6.45) is 6.64. The fourth-order valence-corrected chi connectivity index (χ4v) is 6.62. The molecule has 0 radical (unpaired) electrons. The van der Waals surface area contributed by atoms with Gasteiger partial charge in [-0.3, -0.25) is 24.0 Å². The molecule has 12 heteroatoms. The molecular weight excluding hydrogens is 586 g/mol. The molecule has 3 N–H and O–H groups in total. The molecule has 46 heavy (non-hydrogen) atoms. The van der Waals surface area contributed by atoms with Gasteiger partial charge in [-0.15, -0.1) is 0 Å². The van der Waals surface area contributed by atoms with Crippen molar-refractivity contribution >= 4 is 29.5 Å². The molecule has 1 aromatic heterocycles. The van der Waals surface area contributed by atoms with Crippen LogP contribution in [0, 0.1) is 5.92 Å². The van der Waals surface area contributed by atoms with Crippen molar-refractivity contribution in [3.63, 3.8) is 0 Å². The van der Waals surface area contributed by atoms with E-state index in [1.807, 2.05) is 26.1 Å². The zero-order valence-electron chi connectivity index (χ0n) is 28.0. The summed E-state index contributed by atoms with van der Waals surface area (Å²) >= 11 is 0. The van der Waals surface area contributed by atoms with Crippen molar-refractivity contribution < 1.29 is 24.3 Å². The molecule has 0 unspecified atom stereocenters. The summed E-state index contributed by atoms with van der Waals surface area (Å²) in [5, 5.41) is 20.4. The number of carboxylic acid groups (broad SMARTS) is 1. The van der Waals surface area contributed by atoms with Gasteiger partial charge in [0.15, 0.2) is 0 Å². The maximum atomic E-state index is 13.8. The molecule has 1 saturated carbocycles. The number of hydrogen-bond donors (Lipinski definition) is 3. The molecule has 2 fully saturated rings.